The van der Waals surface area contributed by atoms with Crippen LogP contribution in [0.4, 0.5) is 11.4 Å². The van der Waals surface area contributed by atoms with Gasteiger partial charge in [0.25, 0.3) is 0 Å². The Morgan fingerprint density at radius 2 is 0.600 bits per heavy atom. The van der Waals surface area contributed by atoms with Crippen LogP contribution in [0.15, 0.2) is 109 Å². The molecule has 0 heterocycles. The second-order valence-corrected chi connectivity index (χ2v) is 7.89. The van der Waals surface area contributed by atoms with Crippen molar-refractivity contribution in [3.63, 3.8) is 0 Å². The van der Waals surface area contributed by atoms with Crippen LogP contribution in [-0.2, 0) is 16.5 Å². The molecule has 0 amide bonds. The second-order valence-electron chi connectivity index (χ2n) is 7.89. The van der Waals surface area contributed by atoms with Crippen LogP contribution in [-0.4, -0.2) is 0 Å². The van der Waals surface area contributed by atoms with Crippen LogP contribution in [0.2, 0.25) is 0 Å². The van der Waals surface area contributed by atoms with Crippen molar-refractivity contribution < 1.29 is 16.5 Å². The fraction of sp³-hybridized carbons (Fsp3) is 0. The van der Waals surface area contributed by atoms with Gasteiger partial charge in [-0.2, -0.15) is 22.3 Å². The second kappa shape index (κ2) is 13.0. The van der Waals surface area contributed by atoms with E-state index < -0.39 is 0 Å². The minimum Gasteiger partial charge on any atom is -0.399 e. The Balaban J connectivity index is 0.000000240. The van der Waals surface area contributed by atoms with E-state index in [9.17, 15) is 0 Å². The summed E-state index contributed by atoms with van der Waals surface area (Å²) in [7, 11) is 0. The van der Waals surface area contributed by atoms with Gasteiger partial charge < -0.3 is 11.5 Å². The smallest absolute Gasteiger partial charge is 0.0292 e. The maximum Gasteiger partial charge on any atom is 0.0292 e. The topological polar surface area (TPSA) is 52.0 Å². The summed E-state index contributed by atoms with van der Waals surface area (Å²) in [5.41, 5.74) is 20.9. The summed E-state index contributed by atoms with van der Waals surface area (Å²) in [6.45, 7) is 16.4. The zero-order chi connectivity index (χ0) is 24.5. The van der Waals surface area contributed by atoms with Gasteiger partial charge >= 0.3 is 0 Å². The molecule has 4 aromatic carbocycles. The maximum absolute atomic E-state index is 5.66. The molecule has 4 aromatic rings. The predicted octanol–water partition coefficient (Wildman–Crippen LogP) is 7.69. The van der Waals surface area contributed by atoms with Gasteiger partial charge in [0.15, 0.2) is 0 Å². The largest absolute Gasteiger partial charge is 0.399 e. The van der Waals surface area contributed by atoms with E-state index in [1.54, 1.807) is 0 Å². The molecule has 0 radical (unpaired) electrons. The summed E-state index contributed by atoms with van der Waals surface area (Å²) in [4.78, 5) is 0. The molecule has 4 rings (SSSR count). The molecule has 0 atom stereocenters. The number of nitrogens with two attached hydrogens (primary N) is 2. The first kappa shape index (κ1) is 27.2. The van der Waals surface area contributed by atoms with E-state index in [-0.39, 0.29) is 16.5 Å². The maximum atomic E-state index is 5.66. The van der Waals surface area contributed by atoms with E-state index in [0.29, 0.717) is 0 Å². The normalized spacial score (nSPS) is 11.7. The monoisotopic (exact) mass is 500 g/mol. The average molecular weight is 501 g/mol. The number of rotatable bonds is 4. The molecule has 0 saturated heterocycles. The van der Waals surface area contributed by atoms with Crippen molar-refractivity contribution in [2.45, 2.75) is 0 Å². The molecular formula is C32H30N2Ni-4. The molecule has 0 aliphatic heterocycles. The summed E-state index contributed by atoms with van der Waals surface area (Å²) >= 11 is 0. The molecule has 0 saturated carbocycles. The van der Waals surface area contributed by atoms with E-state index in [1.165, 1.54) is 0 Å². The molecular weight excluding hydrogens is 471 g/mol. The minimum atomic E-state index is 0. The van der Waals surface area contributed by atoms with Crippen molar-refractivity contribution in [2.75, 3.05) is 11.5 Å². The Hall–Kier alpha value is -4.07. The third-order valence-electron chi connectivity index (χ3n) is 5.49. The van der Waals surface area contributed by atoms with Crippen molar-refractivity contribution in [1.82, 2.24) is 0 Å². The van der Waals surface area contributed by atoms with Gasteiger partial charge in [0, 0.05) is 27.9 Å². The van der Waals surface area contributed by atoms with Crippen LogP contribution >= 0.6 is 0 Å². The third-order valence-corrected chi connectivity index (χ3v) is 5.49. The Labute approximate surface area is 220 Å². The summed E-state index contributed by atoms with van der Waals surface area (Å²) in [6.07, 6.45) is 0. The molecule has 182 valence electrons. The minimum absolute atomic E-state index is 0. The van der Waals surface area contributed by atoms with Crippen molar-refractivity contribution in [3.8, 4) is 0 Å². The third kappa shape index (κ3) is 7.47. The van der Waals surface area contributed by atoms with Crippen molar-refractivity contribution in [2.24, 2.45) is 0 Å². The first-order chi connectivity index (χ1) is 16.4. The van der Waals surface area contributed by atoms with Gasteiger partial charge in [-0.15, -0.1) is 48.5 Å². The van der Waals surface area contributed by atoms with Crippen LogP contribution < -0.4 is 11.5 Å². The number of anilines is 2. The zero-order valence-corrected chi connectivity index (χ0v) is 20.7. The molecule has 0 fully saturated rings. The van der Waals surface area contributed by atoms with Crippen molar-refractivity contribution in [3.05, 3.63) is 159 Å². The molecule has 3 heteroatoms. The number of allylic oxidation sites excluding steroid dienone is 4. The molecule has 35 heavy (non-hydrogen) atoms. The standard InChI is InChI=1S/2C16H15N.Ni/c2*1-12(14-6-4-3-5-7-14)13(2)15-8-10-16(17)11-9-15;/h2*3-11H,1-2,17H2;/q2*-2;/b2*13-12-;. The first-order valence-electron chi connectivity index (χ1n) is 11.0. The van der Waals surface area contributed by atoms with Crippen LogP contribution in [0.1, 0.15) is 22.3 Å². The molecule has 2 nitrogen and oxygen atoms in total. The van der Waals surface area contributed by atoms with Gasteiger partial charge in [-0.1, -0.05) is 60.7 Å². The van der Waals surface area contributed by atoms with E-state index in [2.05, 4.69) is 27.7 Å². The molecule has 0 unspecified atom stereocenters. The summed E-state index contributed by atoms with van der Waals surface area (Å²) < 4.78 is 0. The van der Waals surface area contributed by atoms with Crippen LogP contribution in [0.3, 0.4) is 0 Å². The quantitative estimate of drug-likeness (QED) is 0.130. The SMILES string of the molecule is [CH2-]/C(=C(\[CH2-])c1ccc(N)cc1)c1ccccc1.[CH2-]/C(=C(\[CH2-])c1ccc(N)cc1)c1ccccc1.[Ni]. The Morgan fingerprint density at radius 1 is 0.371 bits per heavy atom. The van der Waals surface area contributed by atoms with E-state index in [1.807, 2.05) is 109 Å². The Bertz CT molecular complexity index is 1150. The van der Waals surface area contributed by atoms with Gasteiger partial charge in [0.2, 0.25) is 0 Å². The van der Waals surface area contributed by atoms with Crippen LogP contribution in [0.5, 0.6) is 0 Å². The number of nitrogen functional groups attached to an aromatic ring is 2. The van der Waals surface area contributed by atoms with Gasteiger partial charge in [0.1, 0.15) is 0 Å². The van der Waals surface area contributed by atoms with E-state index in [4.69, 9.17) is 11.5 Å². The number of benzene rings is 4. The van der Waals surface area contributed by atoms with E-state index >= 15 is 0 Å². The number of hydrogen-bond donors (Lipinski definition) is 2. The fourth-order valence-corrected chi connectivity index (χ4v) is 3.34. The van der Waals surface area contributed by atoms with Crippen LogP contribution in [0, 0.1) is 27.7 Å². The molecule has 0 aliphatic carbocycles. The van der Waals surface area contributed by atoms with Gasteiger partial charge in [0.05, 0.1) is 0 Å². The van der Waals surface area contributed by atoms with Crippen LogP contribution in [0.25, 0.3) is 22.3 Å². The number of hydrogen-bond acceptors (Lipinski definition) is 2. The van der Waals surface area contributed by atoms with Gasteiger partial charge in [-0.05, 0) is 0 Å². The fourth-order valence-electron chi connectivity index (χ4n) is 3.34. The summed E-state index contributed by atoms with van der Waals surface area (Å²) in [5.74, 6) is 0. The van der Waals surface area contributed by atoms with Crippen molar-refractivity contribution in [1.29, 1.82) is 0 Å². The molecule has 4 N–H and O–H groups in total. The Kier molecular flexibility index (Phi) is 10.1. The summed E-state index contributed by atoms with van der Waals surface area (Å²) in [5, 5.41) is 0. The Morgan fingerprint density at radius 3 is 0.857 bits per heavy atom. The molecule has 0 bridgehead atoms. The van der Waals surface area contributed by atoms with E-state index in [0.717, 1.165) is 55.9 Å². The van der Waals surface area contributed by atoms with Gasteiger partial charge in [-0.3, -0.25) is 50.0 Å². The predicted molar refractivity (Wildman–Crippen MR) is 150 cm³/mol. The zero-order valence-electron chi connectivity index (χ0n) is 19.7. The summed E-state index contributed by atoms with van der Waals surface area (Å²) in [6, 6.07) is 35.4. The first-order valence-corrected chi connectivity index (χ1v) is 11.0. The van der Waals surface area contributed by atoms with Gasteiger partial charge in [-0.25, -0.2) is 0 Å². The molecule has 0 aromatic heterocycles. The molecule has 0 aliphatic rings. The average Bonchev–Trinajstić information content (AvgIpc) is 2.89. The van der Waals surface area contributed by atoms with Crippen molar-refractivity contribution >= 4 is 33.7 Å². The molecule has 0 spiro atoms.